The van der Waals surface area contributed by atoms with Crippen molar-refractivity contribution in [3.8, 4) is 0 Å². The number of pyridine rings is 1. The molecule has 2 fully saturated rings. The normalized spacial score (nSPS) is 18.9. The lowest BCUT2D eigenvalue weighted by Gasteiger charge is -2.38. The topological polar surface area (TPSA) is 97.8 Å². The van der Waals surface area contributed by atoms with Gasteiger partial charge in [0.15, 0.2) is 5.79 Å². The van der Waals surface area contributed by atoms with Gasteiger partial charge in [-0.2, -0.15) is 4.72 Å². The molecular weight excluding hydrogens is 454 g/mol. The van der Waals surface area contributed by atoms with Crippen molar-refractivity contribution in [2.75, 3.05) is 26.3 Å². The molecule has 0 radical (unpaired) electrons. The molecule has 3 heterocycles. The van der Waals surface area contributed by atoms with Gasteiger partial charge in [0.1, 0.15) is 10.9 Å². The van der Waals surface area contributed by atoms with Gasteiger partial charge in [-0.15, -0.1) is 0 Å². The number of nitrogens with one attached hydrogen (secondary N) is 1. The number of piperidine rings is 1. The number of amides is 1. The first-order chi connectivity index (χ1) is 16.5. The summed E-state index contributed by atoms with van der Waals surface area (Å²) in [4.78, 5) is 19.6. The molecule has 9 heteroatoms. The summed E-state index contributed by atoms with van der Waals surface area (Å²) in [7, 11) is -4.02. The fraction of sp³-hybridized carbons (Fsp3) is 0.360. The zero-order valence-electron chi connectivity index (χ0n) is 18.7. The molecular formula is C25H27N3O5S. The molecule has 3 aromatic rings. The molecule has 0 saturated carbocycles. The molecule has 1 aromatic heterocycles. The smallest absolute Gasteiger partial charge is 0.243 e. The molecule has 2 aliphatic heterocycles. The Morgan fingerprint density at radius 3 is 2.44 bits per heavy atom. The van der Waals surface area contributed by atoms with Crippen LogP contribution >= 0.6 is 0 Å². The molecule has 8 nitrogen and oxygen atoms in total. The van der Waals surface area contributed by atoms with Crippen molar-refractivity contribution in [3.05, 3.63) is 72.4 Å². The molecule has 2 saturated heterocycles. The third kappa shape index (κ3) is 4.69. The van der Waals surface area contributed by atoms with Gasteiger partial charge in [0.05, 0.1) is 18.7 Å². The third-order valence-corrected chi connectivity index (χ3v) is 7.92. The lowest BCUT2D eigenvalue weighted by molar-refractivity contribution is -0.187. The van der Waals surface area contributed by atoms with Crippen LogP contribution < -0.4 is 4.72 Å². The first-order valence-electron chi connectivity index (χ1n) is 11.4. The second-order valence-corrected chi connectivity index (χ2v) is 10.3. The van der Waals surface area contributed by atoms with Crippen LogP contribution in [-0.4, -0.2) is 62.3 Å². The van der Waals surface area contributed by atoms with Gasteiger partial charge in [0, 0.05) is 37.5 Å². The maximum absolute atomic E-state index is 13.6. The summed E-state index contributed by atoms with van der Waals surface area (Å²) < 4.78 is 41.2. The molecule has 2 aromatic carbocycles. The second kappa shape index (κ2) is 9.42. The predicted octanol–water partition coefficient (Wildman–Crippen LogP) is 2.49. The quantitative estimate of drug-likeness (QED) is 0.581. The fourth-order valence-electron chi connectivity index (χ4n) is 4.65. The van der Waals surface area contributed by atoms with Crippen LogP contribution in [-0.2, 0) is 30.7 Å². The number of nitrogens with zero attached hydrogens (tertiary/aromatic N) is 2. The average molecular weight is 482 g/mol. The van der Waals surface area contributed by atoms with E-state index < -0.39 is 21.9 Å². The Hall–Kier alpha value is -2.85. The first kappa shape index (κ1) is 22.9. The zero-order valence-corrected chi connectivity index (χ0v) is 19.5. The van der Waals surface area contributed by atoms with Gasteiger partial charge < -0.3 is 14.4 Å². The minimum absolute atomic E-state index is 0.0572. The standard InChI is InChI=1S/C25H27N3O5S/c29-24(28-14-11-25(12-15-28)32-16-17-33-25)21(18-19-6-2-1-3-7-19)27-34(30,31)22-10-4-8-20-9-5-13-26-23(20)22/h1-10,13,21,27H,11-12,14-18H2. The number of rotatable bonds is 6. The lowest BCUT2D eigenvalue weighted by atomic mass is 10.0. The van der Waals surface area contributed by atoms with Crippen LogP contribution in [0.4, 0.5) is 0 Å². The Morgan fingerprint density at radius 1 is 1.00 bits per heavy atom. The highest BCUT2D eigenvalue weighted by Crippen LogP contribution is 2.31. The minimum atomic E-state index is -4.02. The second-order valence-electron chi connectivity index (χ2n) is 8.63. The van der Waals surface area contributed by atoms with E-state index in [1.165, 1.54) is 6.07 Å². The van der Waals surface area contributed by atoms with Crippen LogP contribution in [0.3, 0.4) is 0 Å². The Kier molecular flexibility index (Phi) is 6.35. The largest absolute Gasteiger partial charge is 0.347 e. The number of hydrogen-bond acceptors (Lipinski definition) is 6. The van der Waals surface area contributed by atoms with E-state index in [0.717, 1.165) is 5.56 Å². The third-order valence-electron chi connectivity index (χ3n) is 6.41. The van der Waals surface area contributed by atoms with Crippen molar-refractivity contribution in [1.29, 1.82) is 0 Å². The molecule has 1 amide bonds. The van der Waals surface area contributed by atoms with Crippen LogP contribution in [0.25, 0.3) is 10.9 Å². The van der Waals surface area contributed by atoms with E-state index in [9.17, 15) is 13.2 Å². The number of benzene rings is 2. The molecule has 1 unspecified atom stereocenters. The van der Waals surface area contributed by atoms with Crippen molar-refractivity contribution < 1.29 is 22.7 Å². The number of likely N-dealkylation sites (tertiary alicyclic amines) is 1. The highest BCUT2D eigenvalue weighted by molar-refractivity contribution is 7.89. The maximum atomic E-state index is 13.6. The van der Waals surface area contributed by atoms with E-state index in [4.69, 9.17) is 9.47 Å². The highest BCUT2D eigenvalue weighted by atomic mass is 32.2. The van der Waals surface area contributed by atoms with Crippen LogP contribution in [0, 0.1) is 0 Å². The van der Waals surface area contributed by atoms with E-state index in [2.05, 4.69) is 9.71 Å². The summed E-state index contributed by atoms with van der Waals surface area (Å²) in [5.74, 6) is -0.867. The molecule has 34 heavy (non-hydrogen) atoms. The van der Waals surface area contributed by atoms with Crippen LogP contribution in [0.2, 0.25) is 0 Å². The number of ether oxygens (including phenoxy) is 2. The van der Waals surface area contributed by atoms with Crippen molar-refractivity contribution in [1.82, 2.24) is 14.6 Å². The van der Waals surface area contributed by atoms with E-state index in [-0.39, 0.29) is 17.2 Å². The van der Waals surface area contributed by atoms with Crippen LogP contribution in [0.15, 0.2) is 71.8 Å². The zero-order chi connectivity index (χ0) is 23.6. The molecule has 2 aliphatic rings. The summed E-state index contributed by atoms with van der Waals surface area (Å²) in [6.07, 6.45) is 2.93. The molecule has 1 atom stereocenters. The Balaban J connectivity index is 1.41. The summed E-state index contributed by atoms with van der Waals surface area (Å²) in [6.45, 7) is 2.01. The van der Waals surface area contributed by atoms with Crippen LogP contribution in [0.1, 0.15) is 18.4 Å². The first-order valence-corrected chi connectivity index (χ1v) is 12.9. The van der Waals surface area contributed by atoms with Gasteiger partial charge in [-0.1, -0.05) is 48.5 Å². The molecule has 5 rings (SSSR count). The maximum Gasteiger partial charge on any atom is 0.243 e. The summed E-state index contributed by atoms with van der Waals surface area (Å²) in [5, 5.41) is 0.717. The van der Waals surface area contributed by atoms with Crippen molar-refractivity contribution in [3.63, 3.8) is 0 Å². The Bertz CT molecular complexity index is 1260. The molecule has 0 aliphatic carbocycles. The minimum Gasteiger partial charge on any atom is -0.347 e. The number of sulfonamides is 1. The number of carbonyl (C=O) groups excluding carboxylic acids is 1. The van der Waals surface area contributed by atoms with E-state index in [1.807, 2.05) is 42.5 Å². The monoisotopic (exact) mass is 481 g/mol. The van der Waals surface area contributed by atoms with Crippen molar-refractivity contribution in [2.24, 2.45) is 0 Å². The summed E-state index contributed by atoms with van der Waals surface area (Å²) in [5.41, 5.74) is 1.24. The van der Waals surface area contributed by atoms with Gasteiger partial charge in [0.2, 0.25) is 15.9 Å². The lowest BCUT2D eigenvalue weighted by Crippen LogP contribution is -2.54. The molecule has 0 bridgehead atoms. The van der Waals surface area contributed by atoms with Gasteiger partial charge >= 0.3 is 0 Å². The van der Waals surface area contributed by atoms with Crippen LogP contribution in [0.5, 0.6) is 0 Å². The van der Waals surface area contributed by atoms with E-state index in [0.29, 0.717) is 50.0 Å². The van der Waals surface area contributed by atoms with Gasteiger partial charge in [0.25, 0.3) is 0 Å². The van der Waals surface area contributed by atoms with Gasteiger partial charge in [-0.25, -0.2) is 8.42 Å². The summed E-state index contributed by atoms with van der Waals surface area (Å²) >= 11 is 0. The number of carbonyl (C=O) groups is 1. The van der Waals surface area contributed by atoms with Gasteiger partial charge in [-0.05, 0) is 24.1 Å². The molecule has 178 valence electrons. The highest BCUT2D eigenvalue weighted by Gasteiger charge is 2.42. The van der Waals surface area contributed by atoms with E-state index >= 15 is 0 Å². The molecule has 1 N–H and O–H groups in total. The molecule has 1 spiro atoms. The number of fused-ring (bicyclic) bond motifs is 1. The average Bonchev–Trinajstić information content (AvgIpc) is 3.31. The van der Waals surface area contributed by atoms with Crippen molar-refractivity contribution >= 4 is 26.8 Å². The Morgan fingerprint density at radius 2 is 1.71 bits per heavy atom. The SMILES string of the molecule is O=C(C(Cc1ccccc1)NS(=O)(=O)c1cccc2cccnc12)N1CCC2(CC1)OCCO2. The van der Waals surface area contributed by atoms with E-state index in [1.54, 1.807) is 23.2 Å². The number of para-hydroxylation sites is 1. The Labute approximate surface area is 198 Å². The number of hydrogen-bond donors (Lipinski definition) is 1. The number of aromatic nitrogens is 1. The predicted molar refractivity (Wildman–Crippen MR) is 126 cm³/mol. The fourth-order valence-corrected chi connectivity index (χ4v) is 6.02. The van der Waals surface area contributed by atoms with Gasteiger partial charge in [-0.3, -0.25) is 9.78 Å². The van der Waals surface area contributed by atoms with Crippen molar-refractivity contribution in [2.45, 2.75) is 36.0 Å². The summed E-state index contributed by atoms with van der Waals surface area (Å²) in [6, 6.07) is 17.0.